The standard InChI is InChI=1S/C7H6Br2O3/c8-7(9)6-4(11)1-3(10)2-5(6)12/h1-2,7,10-12H. The van der Waals surface area contributed by atoms with Crippen LogP contribution in [0, 0.1) is 0 Å². The highest BCUT2D eigenvalue weighted by atomic mass is 79.9. The fourth-order valence-corrected chi connectivity index (χ4v) is 1.77. The normalized spacial score (nSPS) is 10.6. The lowest BCUT2D eigenvalue weighted by Gasteiger charge is -2.08. The van der Waals surface area contributed by atoms with E-state index in [-0.39, 0.29) is 21.0 Å². The molecule has 12 heavy (non-hydrogen) atoms. The Morgan fingerprint density at radius 3 is 1.75 bits per heavy atom. The lowest BCUT2D eigenvalue weighted by molar-refractivity contribution is 0.422. The highest BCUT2D eigenvalue weighted by Gasteiger charge is 2.14. The van der Waals surface area contributed by atoms with Gasteiger partial charge in [-0.05, 0) is 0 Å². The number of rotatable bonds is 1. The molecule has 3 nitrogen and oxygen atoms in total. The van der Waals surface area contributed by atoms with Crippen molar-refractivity contribution in [1.82, 2.24) is 0 Å². The van der Waals surface area contributed by atoms with E-state index in [0.29, 0.717) is 5.56 Å². The van der Waals surface area contributed by atoms with Crippen LogP contribution in [0.4, 0.5) is 0 Å². The van der Waals surface area contributed by atoms with Gasteiger partial charge in [0.15, 0.2) is 0 Å². The summed E-state index contributed by atoms with van der Waals surface area (Å²) in [4.78, 5) is 0. The van der Waals surface area contributed by atoms with Crippen molar-refractivity contribution < 1.29 is 15.3 Å². The first-order chi connectivity index (χ1) is 5.52. The highest BCUT2D eigenvalue weighted by Crippen LogP contribution is 2.42. The van der Waals surface area contributed by atoms with Crippen molar-refractivity contribution in [1.29, 1.82) is 0 Å². The van der Waals surface area contributed by atoms with Gasteiger partial charge in [-0.15, -0.1) is 0 Å². The minimum absolute atomic E-state index is 0.161. The molecule has 0 amide bonds. The summed E-state index contributed by atoms with van der Waals surface area (Å²) >= 11 is 6.25. The van der Waals surface area contributed by atoms with Crippen LogP contribution in [-0.2, 0) is 0 Å². The zero-order chi connectivity index (χ0) is 9.30. The van der Waals surface area contributed by atoms with Crippen molar-refractivity contribution >= 4 is 31.9 Å². The summed E-state index contributed by atoms with van der Waals surface area (Å²) in [6.07, 6.45) is 0. The second-order valence-corrected chi connectivity index (χ2v) is 5.26. The lowest BCUT2D eigenvalue weighted by atomic mass is 10.2. The van der Waals surface area contributed by atoms with E-state index in [2.05, 4.69) is 31.9 Å². The Balaban J connectivity index is 3.28. The fraction of sp³-hybridized carbons (Fsp3) is 0.143. The number of phenolic OH excluding ortho intramolecular Hbond substituents is 3. The first-order valence-corrected chi connectivity index (χ1v) is 4.88. The maximum atomic E-state index is 9.26. The second-order valence-electron chi connectivity index (χ2n) is 2.20. The van der Waals surface area contributed by atoms with Crippen molar-refractivity contribution in [2.45, 2.75) is 3.74 Å². The molecule has 0 fully saturated rings. The quantitative estimate of drug-likeness (QED) is 0.698. The molecular formula is C7H6Br2O3. The van der Waals surface area contributed by atoms with E-state index < -0.39 is 0 Å². The smallest absolute Gasteiger partial charge is 0.128 e. The molecule has 1 aromatic rings. The molecule has 0 aliphatic heterocycles. The third-order valence-electron chi connectivity index (χ3n) is 1.34. The number of phenols is 3. The van der Waals surface area contributed by atoms with Gasteiger partial charge in [-0.25, -0.2) is 0 Å². The molecule has 0 heterocycles. The summed E-state index contributed by atoms with van der Waals surface area (Å²) in [6, 6.07) is 2.31. The van der Waals surface area contributed by atoms with E-state index in [1.165, 1.54) is 0 Å². The Morgan fingerprint density at radius 2 is 1.42 bits per heavy atom. The van der Waals surface area contributed by atoms with E-state index in [1.54, 1.807) is 0 Å². The van der Waals surface area contributed by atoms with Crippen molar-refractivity contribution in [3.8, 4) is 17.2 Å². The molecule has 0 radical (unpaired) electrons. The average molecular weight is 298 g/mol. The van der Waals surface area contributed by atoms with Crippen molar-refractivity contribution in [3.05, 3.63) is 17.7 Å². The SMILES string of the molecule is Oc1cc(O)c(C(Br)Br)c(O)c1. The Bertz CT molecular complexity index is 276. The predicted molar refractivity (Wildman–Crippen MR) is 52.0 cm³/mol. The summed E-state index contributed by atoms with van der Waals surface area (Å²) in [5.41, 5.74) is 0.299. The van der Waals surface area contributed by atoms with Crippen LogP contribution in [0.2, 0.25) is 0 Å². The molecule has 66 valence electrons. The molecule has 1 aromatic carbocycles. The van der Waals surface area contributed by atoms with Crippen molar-refractivity contribution in [3.63, 3.8) is 0 Å². The monoisotopic (exact) mass is 296 g/mol. The van der Waals surface area contributed by atoms with Gasteiger partial charge in [-0.3, -0.25) is 0 Å². The van der Waals surface area contributed by atoms with Gasteiger partial charge in [0.1, 0.15) is 21.0 Å². The highest BCUT2D eigenvalue weighted by molar-refractivity contribution is 9.24. The van der Waals surface area contributed by atoms with E-state index >= 15 is 0 Å². The van der Waals surface area contributed by atoms with Crippen LogP contribution in [0.15, 0.2) is 12.1 Å². The lowest BCUT2D eigenvalue weighted by Crippen LogP contribution is -1.83. The molecule has 5 heteroatoms. The molecule has 0 aliphatic carbocycles. The Hall–Kier alpha value is -0.420. The number of alkyl halides is 2. The molecule has 0 unspecified atom stereocenters. The molecule has 1 rings (SSSR count). The number of halogens is 2. The number of benzene rings is 1. The van der Waals surface area contributed by atoms with Crippen LogP contribution >= 0.6 is 31.9 Å². The van der Waals surface area contributed by atoms with Crippen LogP contribution in [0.1, 0.15) is 9.30 Å². The molecule has 0 bridgehead atoms. The molecule has 0 saturated heterocycles. The summed E-state index contributed by atoms with van der Waals surface area (Å²) in [5, 5.41) is 27.5. The third kappa shape index (κ3) is 1.84. The molecule has 0 aliphatic rings. The van der Waals surface area contributed by atoms with E-state index in [0.717, 1.165) is 12.1 Å². The van der Waals surface area contributed by atoms with Gasteiger partial charge < -0.3 is 15.3 Å². The first-order valence-electron chi connectivity index (χ1n) is 3.05. The van der Waals surface area contributed by atoms with Gasteiger partial charge in [0.25, 0.3) is 0 Å². The van der Waals surface area contributed by atoms with Gasteiger partial charge in [0.05, 0.1) is 5.56 Å². The minimum Gasteiger partial charge on any atom is -0.508 e. The third-order valence-corrected chi connectivity index (χ3v) is 2.26. The predicted octanol–water partition coefficient (Wildman–Crippen LogP) is 2.59. The van der Waals surface area contributed by atoms with Crippen LogP contribution in [0.3, 0.4) is 0 Å². The largest absolute Gasteiger partial charge is 0.508 e. The first kappa shape index (κ1) is 9.67. The van der Waals surface area contributed by atoms with Gasteiger partial charge in [-0.1, -0.05) is 31.9 Å². The van der Waals surface area contributed by atoms with E-state index in [1.807, 2.05) is 0 Å². The van der Waals surface area contributed by atoms with Crippen LogP contribution in [-0.4, -0.2) is 15.3 Å². The fourth-order valence-electron chi connectivity index (χ4n) is 0.832. The van der Waals surface area contributed by atoms with Gasteiger partial charge in [0.2, 0.25) is 0 Å². The minimum atomic E-state index is -0.342. The van der Waals surface area contributed by atoms with Gasteiger partial charge in [0, 0.05) is 12.1 Å². The Labute approximate surface area is 85.9 Å². The van der Waals surface area contributed by atoms with Crippen molar-refractivity contribution in [2.24, 2.45) is 0 Å². The molecule has 0 aromatic heterocycles. The van der Waals surface area contributed by atoms with Gasteiger partial charge >= 0.3 is 0 Å². The maximum Gasteiger partial charge on any atom is 0.128 e. The number of aromatic hydroxyl groups is 3. The molecular weight excluding hydrogens is 292 g/mol. The Morgan fingerprint density at radius 1 is 1.00 bits per heavy atom. The van der Waals surface area contributed by atoms with Crippen LogP contribution in [0.25, 0.3) is 0 Å². The zero-order valence-electron chi connectivity index (χ0n) is 5.83. The Kier molecular flexibility index (Phi) is 2.85. The number of hydrogen-bond acceptors (Lipinski definition) is 3. The van der Waals surface area contributed by atoms with Crippen LogP contribution < -0.4 is 0 Å². The van der Waals surface area contributed by atoms with Crippen LogP contribution in [0.5, 0.6) is 17.2 Å². The van der Waals surface area contributed by atoms with E-state index in [4.69, 9.17) is 5.11 Å². The summed E-state index contributed by atoms with van der Waals surface area (Å²) in [7, 11) is 0. The summed E-state index contributed by atoms with van der Waals surface area (Å²) in [5.74, 6) is -0.494. The maximum absolute atomic E-state index is 9.26. The summed E-state index contributed by atoms with van der Waals surface area (Å²) in [6.45, 7) is 0. The van der Waals surface area contributed by atoms with Crippen molar-refractivity contribution in [2.75, 3.05) is 0 Å². The van der Waals surface area contributed by atoms with E-state index in [9.17, 15) is 10.2 Å². The van der Waals surface area contributed by atoms with Gasteiger partial charge in [-0.2, -0.15) is 0 Å². The molecule has 3 N–H and O–H groups in total. The molecule has 0 saturated carbocycles. The topological polar surface area (TPSA) is 60.7 Å². The molecule has 0 atom stereocenters. The number of hydrogen-bond donors (Lipinski definition) is 3. The average Bonchev–Trinajstić information content (AvgIpc) is 1.82. The second kappa shape index (κ2) is 3.53. The summed E-state index contributed by atoms with van der Waals surface area (Å²) < 4.78 is -0.342. The zero-order valence-corrected chi connectivity index (χ0v) is 9.00. The molecule has 0 spiro atoms.